The minimum atomic E-state index is -0.241. The molecule has 0 saturated heterocycles. The van der Waals surface area contributed by atoms with Gasteiger partial charge in [0.25, 0.3) is 0 Å². The third-order valence-corrected chi connectivity index (χ3v) is 0.795. The molecular formula is C3H6BrFO2. The second-order valence-corrected chi connectivity index (χ2v) is 1.27. The van der Waals surface area contributed by atoms with Gasteiger partial charge in [0.1, 0.15) is 5.33 Å². The first-order chi connectivity index (χ1) is 2.81. The molecule has 0 aliphatic carbocycles. The topological polar surface area (TPSA) is 26.3 Å². The lowest BCUT2D eigenvalue weighted by atomic mass is 10.8. The van der Waals surface area contributed by atoms with Crippen LogP contribution in [0.3, 0.4) is 0 Å². The van der Waals surface area contributed by atoms with E-state index in [-0.39, 0.29) is 16.0 Å². The monoisotopic (exact) mass is 172 g/mol. The first-order valence-electron chi connectivity index (χ1n) is 1.44. The van der Waals surface area contributed by atoms with E-state index in [2.05, 4.69) is 20.7 Å². The van der Waals surface area contributed by atoms with Crippen LogP contribution in [0.2, 0.25) is 0 Å². The molecule has 0 bridgehead atoms. The summed E-state index contributed by atoms with van der Waals surface area (Å²) in [6, 6.07) is 0. The Balaban J connectivity index is 0. The van der Waals surface area contributed by atoms with E-state index in [1.807, 2.05) is 0 Å². The molecule has 4 heteroatoms. The van der Waals surface area contributed by atoms with Crippen LogP contribution in [-0.4, -0.2) is 18.4 Å². The van der Waals surface area contributed by atoms with Gasteiger partial charge in [-0.2, -0.15) is 0 Å². The Kier molecular flexibility index (Phi) is 8.39. The molecule has 0 atom stereocenters. The quantitative estimate of drug-likeness (QED) is 0.431. The number of carbonyl (C=O) groups is 1. The molecule has 0 saturated carbocycles. The van der Waals surface area contributed by atoms with Crippen LogP contribution in [0.15, 0.2) is 0 Å². The summed E-state index contributed by atoms with van der Waals surface area (Å²) in [6.07, 6.45) is 0. The van der Waals surface area contributed by atoms with Crippen LogP contribution in [0.1, 0.15) is 0 Å². The van der Waals surface area contributed by atoms with Gasteiger partial charge in [0.2, 0.25) is 0 Å². The summed E-state index contributed by atoms with van der Waals surface area (Å²) >= 11 is 2.90. The highest BCUT2D eigenvalue weighted by atomic mass is 79.9. The molecule has 0 radical (unpaired) electrons. The molecule has 2 nitrogen and oxygen atoms in total. The Morgan fingerprint density at radius 1 is 1.86 bits per heavy atom. The van der Waals surface area contributed by atoms with Gasteiger partial charge < -0.3 is 4.74 Å². The summed E-state index contributed by atoms with van der Waals surface area (Å²) in [5.74, 6) is -0.241. The Hall–Kier alpha value is -0.120. The summed E-state index contributed by atoms with van der Waals surface area (Å²) in [5, 5.41) is 0.281. The number of rotatable bonds is 1. The van der Waals surface area contributed by atoms with Gasteiger partial charge in [-0.3, -0.25) is 9.50 Å². The normalized spacial score (nSPS) is 6.57. The minimum Gasteiger partial charge on any atom is -0.468 e. The fraction of sp³-hybridized carbons (Fsp3) is 0.667. The highest BCUT2D eigenvalue weighted by molar-refractivity contribution is 9.09. The Bertz CT molecular complexity index is 50.9. The predicted octanol–water partition coefficient (Wildman–Crippen LogP) is 0.707. The maximum Gasteiger partial charge on any atom is 0.316 e. The molecule has 0 aromatic rings. The molecule has 0 heterocycles. The number of alkyl halides is 1. The van der Waals surface area contributed by atoms with Crippen LogP contribution >= 0.6 is 15.9 Å². The van der Waals surface area contributed by atoms with Gasteiger partial charge >= 0.3 is 5.97 Å². The van der Waals surface area contributed by atoms with Crippen molar-refractivity contribution in [2.75, 3.05) is 12.4 Å². The van der Waals surface area contributed by atoms with Crippen molar-refractivity contribution in [2.45, 2.75) is 0 Å². The molecule has 0 N–H and O–H groups in total. The molecule has 0 fully saturated rings. The van der Waals surface area contributed by atoms with Gasteiger partial charge in [-0.05, 0) is 0 Å². The van der Waals surface area contributed by atoms with E-state index in [4.69, 9.17) is 0 Å². The number of hydrogen-bond acceptors (Lipinski definition) is 2. The van der Waals surface area contributed by atoms with E-state index < -0.39 is 0 Å². The van der Waals surface area contributed by atoms with E-state index in [1.54, 1.807) is 0 Å². The predicted molar refractivity (Wildman–Crippen MR) is 28.3 cm³/mol. The maximum atomic E-state index is 9.91. The van der Waals surface area contributed by atoms with E-state index >= 15 is 0 Å². The van der Waals surface area contributed by atoms with Crippen LogP contribution < -0.4 is 0 Å². The fourth-order valence-corrected chi connectivity index (χ4v) is 0.283. The van der Waals surface area contributed by atoms with Crippen LogP contribution in [0.25, 0.3) is 0 Å². The van der Waals surface area contributed by atoms with Crippen LogP contribution in [-0.2, 0) is 9.53 Å². The third-order valence-electron chi connectivity index (χ3n) is 0.337. The number of carbonyl (C=O) groups excluding carboxylic acids is 1. The number of halogens is 2. The summed E-state index contributed by atoms with van der Waals surface area (Å²) in [4.78, 5) is 9.91. The highest BCUT2D eigenvalue weighted by Gasteiger charge is 1.89. The van der Waals surface area contributed by atoms with Crippen molar-refractivity contribution in [1.29, 1.82) is 0 Å². The van der Waals surface area contributed by atoms with Gasteiger partial charge in [0.05, 0.1) is 7.11 Å². The van der Waals surface area contributed by atoms with E-state index in [9.17, 15) is 4.79 Å². The zero-order valence-electron chi connectivity index (χ0n) is 3.81. The lowest BCUT2D eigenvalue weighted by Gasteiger charge is -1.86. The standard InChI is InChI=1S/C3H5BrO2.FH/c1-6-3(5)2-4;/h2H2,1H3;1H. The molecule has 0 amide bonds. The molecular weight excluding hydrogens is 167 g/mol. The van der Waals surface area contributed by atoms with Crippen molar-refractivity contribution in [3.63, 3.8) is 0 Å². The molecule has 0 unspecified atom stereocenters. The fourth-order valence-electron chi connectivity index (χ4n) is 0.0546. The molecule has 0 aromatic heterocycles. The summed E-state index contributed by atoms with van der Waals surface area (Å²) in [7, 11) is 1.35. The van der Waals surface area contributed by atoms with Crippen molar-refractivity contribution >= 4 is 21.9 Å². The van der Waals surface area contributed by atoms with E-state index in [1.165, 1.54) is 7.11 Å². The molecule has 0 rings (SSSR count). The molecule has 0 aromatic carbocycles. The van der Waals surface area contributed by atoms with E-state index in [0.29, 0.717) is 0 Å². The second kappa shape index (κ2) is 5.88. The Labute approximate surface area is 49.3 Å². The van der Waals surface area contributed by atoms with Crippen LogP contribution in [0.4, 0.5) is 4.70 Å². The van der Waals surface area contributed by atoms with Crippen molar-refractivity contribution < 1.29 is 14.2 Å². The maximum absolute atomic E-state index is 9.91. The second-order valence-electron chi connectivity index (χ2n) is 0.710. The highest BCUT2D eigenvalue weighted by Crippen LogP contribution is 1.79. The zero-order valence-corrected chi connectivity index (χ0v) is 5.40. The SMILES string of the molecule is COC(=O)CBr.F. The largest absolute Gasteiger partial charge is 0.468 e. The van der Waals surface area contributed by atoms with Gasteiger partial charge in [-0.25, -0.2) is 0 Å². The van der Waals surface area contributed by atoms with Gasteiger partial charge in [-0.1, -0.05) is 15.9 Å². The van der Waals surface area contributed by atoms with Gasteiger partial charge in [-0.15, -0.1) is 0 Å². The average Bonchev–Trinajstić information content (AvgIpc) is 1.65. The van der Waals surface area contributed by atoms with Gasteiger partial charge in [0, 0.05) is 0 Å². The van der Waals surface area contributed by atoms with Crippen molar-refractivity contribution in [3.8, 4) is 0 Å². The molecule has 7 heavy (non-hydrogen) atoms. The molecule has 44 valence electrons. The minimum absolute atomic E-state index is 0. The number of hydrogen-bond donors (Lipinski definition) is 0. The summed E-state index contributed by atoms with van der Waals surface area (Å²) in [5.41, 5.74) is 0. The first kappa shape index (κ1) is 9.99. The summed E-state index contributed by atoms with van der Waals surface area (Å²) < 4.78 is 4.21. The molecule has 0 aliphatic heterocycles. The number of ether oxygens (including phenoxy) is 1. The molecule has 0 spiro atoms. The number of methoxy groups -OCH3 is 1. The third kappa shape index (κ3) is 5.88. The summed E-state index contributed by atoms with van der Waals surface area (Å²) in [6.45, 7) is 0. The Morgan fingerprint density at radius 3 is 2.29 bits per heavy atom. The van der Waals surface area contributed by atoms with E-state index in [0.717, 1.165) is 0 Å². The lowest BCUT2D eigenvalue weighted by Crippen LogP contribution is -1.99. The first-order valence-corrected chi connectivity index (χ1v) is 2.56. The van der Waals surface area contributed by atoms with Crippen LogP contribution in [0.5, 0.6) is 0 Å². The Morgan fingerprint density at radius 2 is 2.29 bits per heavy atom. The lowest BCUT2D eigenvalue weighted by molar-refractivity contribution is -0.137. The van der Waals surface area contributed by atoms with Crippen molar-refractivity contribution in [3.05, 3.63) is 0 Å². The molecule has 0 aliphatic rings. The number of esters is 1. The van der Waals surface area contributed by atoms with Crippen molar-refractivity contribution in [2.24, 2.45) is 0 Å². The smallest absolute Gasteiger partial charge is 0.316 e. The average molecular weight is 173 g/mol. The zero-order chi connectivity index (χ0) is 4.99. The van der Waals surface area contributed by atoms with Crippen molar-refractivity contribution in [1.82, 2.24) is 0 Å². The van der Waals surface area contributed by atoms with Crippen LogP contribution in [0, 0.1) is 0 Å². The van der Waals surface area contributed by atoms with Gasteiger partial charge in [0.15, 0.2) is 0 Å².